The van der Waals surface area contributed by atoms with E-state index in [2.05, 4.69) is 76.9 Å². The van der Waals surface area contributed by atoms with Crippen molar-refractivity contribution in [1.29, 1.82) is 0 Å². The SMILES string of the molecule is CCCc1ccc(-n2nc(-c3ccccc3)nc2C2CN3CCN2C(C)C3)cc1. The number of aromatic nitrogens is 3. The highest BCUT2D eigenvalue weighted by Gasteiger charge is 2.40. The smallest absolute Gasteiger partial charge is 0.181 e. The Morgan fingerprint density at radius 1 is 0.966 bits per heavy atom. The zero-order valence-corrected chi connectivity index (χ0v) is 17.3. The molecule has 0 radical (unpaired) electrons. The first-order chi connectivity index (χ1) is 14.2. The molecule has 1 aromatic heterocycles. The summed E-state index contributed by atoms with van der Waals surface area (Å²) in [7, 11) is 0. The van der Waals surface area contributed by atoms with E-state index >= 15 is 0 Å². The lowest BCUT2D eigenvalue weighted by atomic mass is 10.0. The summed E-state index contributed by atoms with van der Waals surface area (Å²) in [5.74, 6) is 1.87. The first-order valence-corrected chi connectivity index (χ1v) is 10.8. The second-order valence-electron chi connectivity index (χ2n) is 8.35. The van der Waals surface area contributed by atoms with E-state index in [0.29, 0.717) is 6.04 Å². The van der Waals surface area contributed by atoms with Gasteiger partial charge in [0.2, 0.25) is 0 Å². The molecule has 5 nitrogen and oxygen atoms in total. The molecule has 0 spiro atoms. The number of nitrogens with zero attached hydrogens (tertiary/aromatic N) is 5. The van der Waals surface area contributed by atoms with E-state index in [-0.39, 0.29) is 6.04 Å². The molecule has 3 aliphatic heterocycles. The van der Waals surface area contributed by atoms with Gasteiger partial charge in [-0.1, -0.05) is 55.8 Å². The van der Waals surface area contributed by atoms with E-state index in [9.17, 15) is 0 Å². The van der Waals surface area contributed by atoms with Gasteiger partial charge < -0.3 is 0 Å². The van der Waals surface area contributed by atoms with Crippen LogP contribution in [-0.4, -0.2) is 56.8 Å². The van der Waals surface area contributed by atoms with Crippen LogP contribution in [0.2, 0.25) is 0 Å². The summed E-state index contributed by atoms with van der Waals surface area (Å²) in [6.07, 6.45) is 2.28. The number of fused-ring (bicyclic) bond motifs is 3. The topological polar surface area (TPSA) is 37.2 Å². The van der Waals surface area contributed by atoms with Crippen molar-refractivity contribution < 1.29 is 0 Å². The summed E-state index contributed by atoms with van der Waals surface area (Å²) in [5, 5.41) is 4.97. The normalized spacial score (nSPS) is 26.0. The van der Waals surface area contributed by atoms with Crippen molar-refractivity contribution in [2.75, 3.05) is 26.2 Å². The van der Waals surface area contributed by atoms with E-state index in [0.717, 1.165) is 61.9 Å². The van der Waals surface area contributed by atoms with Crippen molar-refractivity contribution in [2.24, 2.45) is 0 Å². The molecule has 29 heavy (non-hydrogen) atoms. The molecule has 5 heteroatoms. The maximum absolute atomic E-state index is 5.08. The Labute approximate surface area is 173 Å². The number of hydrogen-bond acceptors (Lipinski definition) is 4. The van der Waals surface area contributed by atoms with Gasteiger partial charge in [0, 0.05) is 37.8 Å². The van der Waals surface area contributed by atoms with E-state index in [4.69, 9.17) is 10.1 Å². The van der Waals surface area contributed by atoms with Crippen LogP contribution in [0.4, 0.5) is 0 Å². The van der Waals surface area contributed by atoms with Crippen LogP contribution in [0.25, 0.3) is 17.1 Å². The van der Waals surface area contributed by atoms with E-state index in [1.54, 1.807) is 0 Å². The number of aryl methyl sites for hydroxylation is 1. The molecule has 0 amide bonds. The van der Waals surface area contributed by atoms with Crippen LogP contribution >= 0.6 is 0 Å². The molecular weight excluding hydrogens is 358 g/mol. The first-order valence-electron chi connectivity index (χ1n) is 10.8. The Balaban J connectivity index is 1.58. The molecule has 3 saturated heterocycles. The Hall–Kier alpha value is -2.50. The maximum Gasteiger partial charge on any atom is 0.181 e. The van der Waals surface area contributed by atoms with Crippen LogP contribution < -0.4 is 0 Å². The molecule has 0 N–H and O–H groups in total. The quantitative estimate of drug-likeness (QED) is 0.664. The molecule has 3 aliphatic rings. The van der Waals surface area contributed by atoms with Crippen molar-refractivity contribution in [3.05, 3.63) is 66.0 Å². The van der Waals surface area contributed by atoms with Gasteiger partial charge in [-0.25, -0.2) is 9.67 Å². The molecule has 4 atom stereocenters. The molecule has 4 unspecified atom stereocenters. The van der Waals surface area contributed by atoms with Gasteiger partial charge in [0.15, 0.2) is 11.6 Å². The largest absolute Gasteiger partial charge is 0.298 e. The van der Waals surface area contributed by atoms with Crippen LogP contribution in [0.1, 0.15) is 37.7 Å². The summed E-state index contributed by atoms with van der Waals surface area (Å²) in [6, 6.07) is 20.0. The number of piperazine rings is 3. The molecule has 3 aromatic rings. The van der Waals surface area contributed by atoms with Crippen molar-refractivity contribution in [1.82, 2.24) is 24.6 Å². The molecule has 0 saturated carbocycles. The van der Waals surface area contributed by atoms with Gasteiger partial charge in [0.25, 0.3) is 0 Å². The second kappa shape index (κ2) is 7.73. The molecule has 3 fully saturated rings. The monoisotopic (exact) mass is 387 g/mol. The fourth-order valence-corrected chi connectivity index (χ4v) is 4.79. The van der Waals surface area contributed by atoms with E-state index < -0.39 is 0 Å². The van der Waals surface area contributed by atoms with Gasteiger partial charge in [-0.3, -0.25) is 9.80 Å². The average molecular weight is 388 g/mol. The predicted octanol–water partition coefficient (Wildman–Crippen LogP) is 3.95. The summed E-state index contributed by atoms with van der Waals surface area (Å²) in [6.45, 7) is 9.00. The van der Waals surface area contributed by atoms with Crippen LogP contribution in [0.15, 0.2) is 54.6 Å². The third-order valence-corrected chi connectivity index (χ3v) is 6.28. The second-order valence-corrected chi connectivity index (χ2v) is 8.35. The van der Waals surface area contributed by atoms with Gasteiger partial charge in [0.1, 0.15) is 0 Å². The number of benzene rings is 2. The molecule has 0 aliphatic carbocycles. The fraction of sp³-hybridized carbons (Fsp3) is 0.417. The highest BCUT2D eigenvalue weighted by atomic mass is 15.4. The van der Waals surface area contributed by atoms with Crippen molar-refractivity contribution in [3.8, 4) is 17.1 Å². The molecule has 2 bridgehead atoms. The van der Waals surface area contributed by atoms with E-state index in [1.165, 1.54) is 5.56 Å². The predicted molar refractivity (Wildman–Crippen MR) is 116 cm³/mol. The van der Waals surface area contributed by atoms with Crippen LogP contribution in [0.5, 0.6) is 0 Å². The third-order valence-electron chi connectivity index (χ3n) is 6.28. The van der Waals surface area contributed by atoms with Crippen LogP contribution in [0.3, 0.4) is 0 Å². The molecule has 2 aromatic carbocycles. The highest BCUT2D eigenvalue weighted by Crippen LogP contribution is 2.33. The standard InChI is InChI=1S/C24H29N5/c1-3-7-19-10-12-21(13-11-19)29-24(22-17-27-14-15-28(22)18(2)16-27)25-23(26-29)20-8-5-4-6-9-20/h4-6,8-13,18,22H,3,7,14-17H2,1-2H3. The fourth-order valence-electron chi connectivity index (χ4n) is 4.79. The lowest BCUT2D eigenvalue weighted by Gasteiger charge is -2.50. The first kappa shape index (κ1) is 18.5. The maximum atomic E-state index is 5.08. The Morgan fingerprint density at radius 3 is 2.45 bits per heavy atom. The van der Waals surface area contributed by atoms with Gasteiger partial charge in [0.05, 0.1) is 11.7 Å². The van der Waals surface area contributed by atoms with Crippen molar-refractivity contribution in [3.63, 3.8) is 0 Å². The lowest BCUT2D eigenvalue weighted by molar-refractivity contribution is -0.0310. The summed E-state index contributed by atoms with van der Waals surface area (Å²) >= 11 is 0. The van der Waals surface area contributed by atoms with E-state index in [1.807, 2.05) is 6.07 Å². The molecule has 4 heterocycles. The average Bonchev–Trinajstić information content (AvgIpc) is 3.21. The van der Waals surface area contributed by atoms with Gasteiger partial charge in [-0.05, 0) is 31.0 Å². The van der Waals surface area contributed by atoms with Crippen LogP contribution in [0, 0.1) is 0 Å². The molecule has 150 valence electrons. The summed E-state index contributed by atoms with van der Waals surface area (Å²) in [4.78, 5) is 10.3. The zero-order chi connectivity index (χ0) is 19.8. The molecule has 6 rings (SSSR count). The van der Waals surface area contributed by atoms with Crippen LogP contribution in [-0.2, 0) is 6.42 Å². The minimum atomic E-state index is 0.285. The van der Waals surface area contributed by atoms with Gasteiger partial charge in [-0.2, -0.15) is 0 Å². The Bertz CT molecular complexity index is 963. The number of hydrogen-bond donors (Lipinski definition) is 0. The zero-order valence-electron chi connectivity index (χ0n) is 17.3. The Kier molecular flexibility index (Phi) is 4.94. The number of rotatable bonds is 5. The molecular formula is C24H29N5. The lowest BCUT2D eigenvalue weighted by Crippen LogP contribution is -2.61. The summed E-state index contributed by atoms with van der Waals surface area (Å²) < 4.78 is 2.08. The van der Waals surface area contributed by atoms with Crippen molar-refractivity contribution >= 4 is 0 Å². The van der Waals surface area contributed by atoms with Gasteiger partial charge in [-0.15, -0.1) is 5.10 Å². The minimum absolute atomic E-state index is 0.285. The van der Waals surface area contributed by atoms with Gasteiger partial charge >= 0.3 is 0 Å². The van der Waals surface area contributed by atoms with Crippen molar-refractivity contribution in [2.45, 2.75) is 38.8 Å². The minimum Gasteiger partial charge on any atom is -0.298 e. The summed E-state index contributed by atoms with van der Waals surface area (Å²) in [5.41, 5.74) is 3.54. The highest BCUT2D eigenvalue weighted by molar-refractivity contribution is 5.55. The Morgan fingerprint density at radius 2 is 1.76 bits per heavy atom. The third kappa shape index (κ3) is 3.49.